The van der Waals surface area contributed by atoms with E-state index in [0.717, 1.165) is 0 Å². The predicted octanol–water partition coefficient (Wildman–Crippen LogP) is -0.477. The van der Waals surface area contributed by atoms with E-state index in [0.29, 0.717) is 0 Å². The first kappa shape index (κ1) is 16.9. The van der Waals surface area contributed by atoms with Gasteiger partial charge in [-0.05, 0) is 12.6 Å². The number of hydrogen-bond donors (Lipinski definition) is 3. The predicted molar refractivity (Wildman–Crippen MR) is 67.4 cm³/mol. The number of carbonyl (C=O) groups excluding carboxylic acids is 1. The van der Waals surface area contributed by atoms with Crippen LogP contribution in [0, 0.1) is 5.92 Å². The van der Waals surface area contributed by atoms with Crippen molar-refractivity contribution in [1.82, 2.24) is 0 Å². The molecule has 0 rings (SSSR count). The highest BCUT2D eigenvalue weighted by Gasteiger charge is 2.34. The number of amides is 1. The molecule has 4 atom stereocenters. The van der Waals surface area contributed by atoms with E-state index < -0.39 is 30.3 Å². The summed E-state index contributed by atoms with van der Waals surface area (Å²) in [5.41, 5.74) is 0. The summed E-state index contributed by atoms with van der Waals surface area (Å²) in [6.45, 7) is 6.82. The number of methoxy groups -OCH3 is 1. The van der Waals surface area contributed by atoms with Gasteiger partial charge >= 0.3 is 0 Å². The van der Waals surface area contributed by atoms with Crippen LogP contribution in [0.5, 0.6) is 0 Å². The van der Waals surface area contributed by atoms with E-state index in [-0.39, 0.29) is 5.92 Å². The summed E-state index contributed by atoms with van der Waals surface area (Å²) < 4.78 is 4.73. The Morgan fingerprint density at radius 1 is 1.22 bits per heavy atom. The number of ether oxygens (including phenoxy) is 1. The molecule has 0 aromatic carbocycles. The van der Waals surface area contributed by atoms with Gasteiger partial charge in [-0.15, -0.1) is 0 Å². The Kier molecular flexibility index (Phi) is 7.61. The van der Waals surface area contributed by atoms with Gasteiger partial charge in [-0.25, -0.2) is 4.99 Å². The summed E-state index contributed by atoms with van der Waals surface area (Å²) >= 11 is 0. The third-order valence-electron chi connectivity index (χ3n) is 2.36. The number of aliphatic hydroxyl groups excluding tert-OH is 3. The average molecular weight is 259 g/mol. The highest BCUT2D eigenvalue weighted by Crippen LogP contribution is 2.11. The zero-order valence-electron chi connectivity index (χ0n) is 10.9. The van der Waals surface area contributed by atoms with Gasteiger partial charge < -0.3 is 20.1 Å². The molecule has 6 nitrogen and oxygen atoms in total. The van der Waals surface area contributed by atoms with Crippen LogP contribution in [0.4, 0.5) is 0 Å². The van der Waals surface area contributed by atoms with Crippen LogP contribution in [-0.2, 0) is 9.53 Å². The summed E-state index contributed by atoms with van der Waals surface area (Å²) in [7, 11) is 1.19. The molecule has 0 fully saturated rings. The van der Waals surface area contributed by atoms with Gasteiger partial charge in [0.1, 0.15) is 18.3 Å². The Morgan fingerprint density at radius 3 is 2.17 bits per heavy atom. The van der Waals surface area contributed by atoms with Crippen molar-refractivity contribution in [3.8, 4) is 0 Å². The average Bonchev–Trinajstić information content (AvgIpc) is 2.35. The van der Waals surface area contributed by atoms with Crippen LogP contribution >= 0.6 is 0 Å². The van der Waals surface area contributed by atoms with E-state index >= 15 is 0 Å². The minimum absolute atomic E-state index is 0.193. The van der Waals surface area contributed by atoms with Gasteiger partial charge in [-0.1, -0.05) is 26.0 Å². The molecule has 0 spiro atoms. The summed E-state index contributed by atoms with van der Waals surface area (Å²) in [5.74, 6) is -0.609. The zero-order valence-corrected chi connectivity index (χ0v) is 10.9. The molecule has 3 N–H and O–H groups in total. The maximum Gasteiger partial charge on any atom is 0.276 e. The van der Waals surface area contributed by atoms with Gasteiger partial charge in [0.25, 0.3) is 5.91 Å². The summed E-state index contributed by atoms with van der Waals surface area (Å²) in [4.78, 5) is 14.4. The van der Waals surface area contributed by atoms with Gasteiger partial charge in [0.2, 0.25) is 0 Å². The smallest absolute Gasteiger partial charge is 0.276 e. The Labute approximate surface area is 107 Å². The third kappa shape index (κ3) is 5.05. The summed E-state index contributed by atoms with van der Waals surface area (Å²) in [6, 6.07) is 0. The minimum atomic E-state index is -1.58. The molecule has 0 radical (unpaired) electrons. The van der Waals surface area contributed by atoms with Crippen LogP contribution in [0.2, 0.25) is 0 Å². The summed E-state index contributed by atoms with van der Waals surface area (Å²) in [6.07, 6.45) is -2.74. The molecule has 0 saturated carbocycles. The lowest BCUT2D eigenvalue weighted by molar-refractivity contribution is -0.145. The van der Waals surface area contributed by atoms with Gasteiger partial charge in [-0.3, -0.25) is 4.79 Å². The topological polar surface area (TPSA) is 99.4 Å². The molecule has 0 aliphatic heterocycles. The second-order valence-electron chi connectivity index (χ2n) is 4.25. The van der Waals surface area contributed by atoms with Crippen LogP contribution in [0.3, 0.4) is 0 Å². The molecule has 0 aromatic rings. The zero-order chi connectivity index (χ0) is 14.3. The molecular formula is C12H21NO5. The fourth-order valence-corrected chi connectivity index (χ4v) is 1.31. The van der Waals surface area contributed by atoms with Crippen LogP contribution in [0.1, 0.15) is 13.8 Å². The fourth-order valence-electron chi connectivity index (χ4n) is 1.31. The van der Waals surface area contributed by atoms with Crippen molar-refractivity contribution in [1.29, 1.82) is 0 Å². The molecular weight excluding hydrogens is 238 g/mol. The van der Waals surface area contributed by atoms with Crippen molar-refractivity contribution in [3.05, 3.63) is 12.2 Å². The van der Waals surface area contributed by atoms with Crippen molar-refractivity contribution in [2.45, 2.75) is 38.3 Å². The lowest BCUT2D eigenvalue weighted by Crippen LogP contribution is -2.47. The molecule has 104 valence electrons. The standard InChI is InChI=1S/C12H21NO5/c1-7(2)5-6-8(14)9(15)10(16)11(18-4)12(17)13-3/h5-11,14-16H,3H2,1-2,4H3/b6-5+/t8-,9+,10-,11-/m1/s1. The number of rotatable bonds is 7. The van der Waals surface area contributed by atoms with Crippen LogP contribution in [0.25, 0.3) is 0 Å². The van der Waals surface area contributed by atoms with Gasteiger partial charge in [0.05, 0.1) is 0 Å². The van der Waals surface area contributed by atoms with Gasteiger partial charge in [-0.2, -0.15) is 0 Å². The first-order chi connectivity index (χ1) is 8.34. The van der Waals surface area contributed by atoms with Crippen LogP contribution in [-0.4, -0.2) is 59.5 Å². The Bertz CT molecular complexity index is 303. The number of aliphatic hydroxyl groups is 3. The number of hydrogen-bond acceptors (Lipinski definition) is 5. The first-order valence-electron chi connectivity index (χ1n) is 5.61. The molecule has 18 heavy (non-hydrogen) atoms. The van der Waals surface area contributed by atoms with Crippen LogP contribution < -0.4 is 0 Å². The number of carbonyl (C=O) groups is 1. The van der Waals surface area contributed by atoms with E-state index in [9.17, 15) is 20.1 Å². The lowest BCUT2D eigenvalue weighted by Gasteiger charge is -2.25. The van der Waals surface area contributed by atoms with Crippen molar-refractivity contribution >= 4 is 12.6 Å². The second kappa shape index (κ2) is 8.10. The van der Waals surface area contributed by atoms with E-state index in [1.807, 2.05) is 13.8 Å². The lowest BCUT2D eigenvalue weighted by atomic mass is 10.0. The molecule has 0 aliphatic carbocycles. The van der Waals surface area contributed by atoms with Gasteiger partial charge in [0, 0.05) is 7.11 Å². The summed E-state index contributed by atoms with van der Waals surface area (Å²) in [5, 5.41) is 29.1. The molecule has 0 aliphatic rings. The SMILES string of the molecule is C=NC(=O)[C@H](OC)[C@H](O)[C@@H](O)[C@H](O)/C=C/C(C)C. The van der Waals surface area contributed by atoms with Crippen molar-refractivity contribution in [2.24, 2.45) is 10.9 Å². The van der Waals surface area contributed by atoms with Crippen molar-refractivity contribution in [2.75, 3.05) is 7.11 Å². The number of allylic oxidation sites excluding steroid dienone is 1. The first-order valence-corrected chi connectivity index (χ1v) is 5.61. The second-order valence-corrected chi connectivity index (χ2v) is 4.25. The normalized spacial score (nSPS) is 18.6. The highest BCUT2D eigenvalue weighted by atomic mass is 16.5. The monoisotopic (exact) mass is 259 g/mol. The van der Waals surface area contributed by atoms with E-state index in [4.69, 9.17) is 4.74 Å². The molecule has 0 heterocycles. The number of aliphatic imine (C=N–C) groups is 1. The van der Waals surface area contributed by atoms with E-state index in [1.54, 1.807) is 6.08 Å². The van der Waals surface area contributed by atoms with Crippen molar-refractivity contribution in [3.63, 3.8) is 0 Å². The quantitative estimate of drug-likeness (QED) is 0.424. The Hall–Kier alpha value is -1.08. The minimum Gasteiger partial charge on any atom is -0.387 e. The molecule has 0 unspecified atom stereocenters. The molecule has 1 amide bonds. The van der Waals surface area contributed by atoms with E-state index in [1.165, 1.54) is 13.2 Å². The third-order valence-corrected chi connectivity index (χ3v) is 2.36. The Morgan fingerprint density at radius 2 is 1.78 bits per heavy atom. The fraction of sp³-hybridized carbons (Fsp3) is 0.667. The molecule has 0 aromatic heterocycles. The van der Waals surface area contributed by atoms with Crippen LogP contribution in [0.15, 0.2) is 17.1 Å². The maximum atomic E-state index is 11.3. The maximum absolute atomic E-state index is 11.3. The number of nitrogens with zero attached hydrogens (tertiary/aromatic N) is 1. The largest absolute Gasteiger partial charge is 0.387 e. The molecule has 0 saturated heterocycles. The van der Waals surface area contributed by atoms with E-state index in [2.05, 4.69) is 11.7 Å². The molecule has 0 bridgehead atoms. The highest BCUT2D eigenvalue weighted by molar-refractivity contribution is 5.85. The molecule has 6 heteroatoms. The van der Waals surface area contributed by atoms with Gasteiger partial charge in [0.15, 0.2) is 6.10 Å². The van der Waals surface area contributed by atoms with Crippen molar-refractivity contribution < 1.29 is 24.9 Å². The Balaban J connectivity index is 4.69.